The minimum absolute atomic E-state index is 0.241. The third kappa shape index (κ3) is 2.98. The van der Waals surface area contributed by atoms with Crippen molar-refractivity contribution in [3.05, 3.63) is 51.7 Å². The standard InChI is InChI=1S/C13H10INO3/c1-17-13(16)11-3-2-8-15-12(11)18-10-6-4-9(14)5-7-10/h2-8H,1H3. The van der Waals surface area contributed by atoms with E-state index >= 15 is 0 Å². The number of aromatic nitrogens is 1. The predicted octanol–water partition coefficient (Wildman–Crippen LogP) is 3.27. The van der Waals surface area contributed by atoms with Gasteiger partial charge in [-0.05, 0) is 59.0 Å². The highest BCUT2D eigenvalue weighted by Gasteiger charge is 2.14. The van der Waals surface area contributed by atoms with E-state index in [1.54, 1.807) is 18.3 Å². The Balaban J connectivity index is 2.28. The lowest BCUT2D eigenvalue weighted by molar-refractivity contribution is 0.0597. The second kappa shape index (κ2) is 5.81. The van der Waals surface area contributed by atoms with Crippen LogP contribution < -0.4 is 4.74 Å². The van der Waals surface area contributed by atoms with Crippen LogP contribution in [-0.4, -0.2) is 18.1 Å². The smallest absolute Gasteiger partial charge is 0.343 e. The zero-order valence-electron chi connectivity index (χ0n) is 9.59. The van der Waals surface area contributed by atoms with Gasteiger partial charge in [-0.25, -0.2) is 9.78 Å². The Hall–Kier alpha value is -1.63. The van der Waals surface area contributed by atoms with Crippen LogP contribution in [0.1, 0.15) is 10.4 Å². The Labute approximate surface area is 118 Å². The summed E-state index contributed by atoms with van der Waals surface area (Å²) in [4.78, 5) is 15.6. The maximum atomic E-state index is 11.5. The fourth-order valence-electron chi connectivity index (χ4n) is 1.35. The lowest BCUT2D eigenvalue weighted by Gasteiger charge is -2.08. The number of pyridine rings is 1. The zero-order chi connectivity index (χ0) is 13.0. The van der Waals surface area contributed by atoms with Crippen molar-refractivity contribution < 1.29 is 14.3 Å². The number of nitrogens with zero attached hydrogens (tertiary/aromatic N) is 1. The first kappa shape index (κ1) is 12.8. The summed E-state index contributed by atoms with van der Waals surface area (Å²) < 4.78 is 11.4. The van der Waals surface area contributed by atoms with E-state index in [1.165, 1.54) is 7.11 Å². The van der Waals surface area contributed by atoms with E-state index in [9.17, 15) is 4.79 Å². The van der Waals surface area contributed by atoms with Gasteiger partial charge in [0, 0.05) is 9.77 Å². The molecule has 0 radical (unpaired) electrons. The molecule has 0 aliphatic heterocycles. The number of rotatable bonds is 3. The van der Waals surface area contributed by atoms with Crippen LogP contribution in [0.4, 0.5) is 0 Å². The molecule has 4 nitrogen and oxygen atoms in total. The van der Waals surface area contributed by atoms with E-state index in [0.717, 1.165) is 3.57 Å². The molecule has 0 atom stereocenters. The van der Waals surface area contributed by atoms with Crippen molar-refractivity contribution in [1.29, 1.82) is 0 Å². The molecule has 2 rings (SSSR count). The van der Waals surface area contributed by atoms with Crippen LogP contribution in [0, 0.1) is 3.57 Å². The van der Waals surface area contributed by atoms with E-state index in [1.807, 2.05) is 24.3 Å². The monoisotopic (exact) mass is 355 g/mol. The summed E-state index contributed by atoms with van der Waals surface area (Å²) in [5.74, 6) is 0.397. The third-order valence-corrected chi connectivity index (χ3v) is 2.92. The molecule has 92 valence electrons. The Morgan fingerprint density at radius 1 is 1.22 bits per heavy atom. The van der Waals surface area contributed by atoms with Crippen LogP contribution in [-0.2, 0) is 4.74 Å². The summed E-state index contributed by atoms with van der Waals surface area (Å²) in [6.07, 6.45) is 1.56. The quantitative estimate of drug-likeness (QED) is 0.627. The van der Waals surface area contributed by atoms with Gasteiger partial charge in [-0.1, -0.05) is 0 Å². The molecule has 0 unspecified atom stereocenters. The Morgan fingerprint density at radius 3 is 2.61 bits per heavy atom. The molecule has 0 spiro atoms. The molecule has 1 heterocycles. The molecule has 5 heteroatoms. The summed E-state index contributed by atoms with van der Waals surface area (Å²) in [6.45, 7) is 0. The van der Waals surface area contributed by atoms with Crippen LogP contribution in [0.3, 0.4) is 0 Å². The third-order valence-electron chi connectivity index (χ3n) is 2.20. The number of carbonyl (C=O) groups is 1. The van der Waals surface area contributed by atoms with Gasteiger partial charge in [0.1, 0.15) is 11.3 Å². The normalized spacial score (nSPS) is 9.89. The summed E-state index contributed by atoms with van der Waals surface area (Å²) in [7, 11) is 1.32. The number of halogens is 1. The number of hydrogen-bond donors (Lipinski definition) is 0. The van der Waals surface area contributed by atoms with Gasteiger partial charge < -0.3 is 9.47 Å². The molecule has 0 amide bonds. The van der Waals surface area contributed by atoms with Crippen LogP contribution in [0.5, 0.6) is 11.6 Å². The average molecular weight is 355 g/mol. The molecule has 1 aromatic heterocycles. The van der Waals surface area contributed by atoms with Crippen molar-refractivity contribution in [2.24, 2.45) is 0 Å². The fourth-order valence-corrected chi connectivity index (χ4v) is 1.71. The minimum Gasteiger partial charge on any atom is -0.465 e. The van der Waals surface area contributed by atoms with E-state index in [2.05, 4.69) is 32.3 Å². The molecule has 2 aromatic rings. The molecule has 0 saturated carbocycles. The number of hydrogen-bond acceptors (Lipinski definition) is 4. The summed E-state index contributed by atoms with van der Waals surface area (Å²) >= 11 is 2.21. The van der Waals surface area contributed by atoms with Crippen molar-refractivity contribution in [3.63, 3.8) is 0 Å². The molecule has 0 fully saturated rings. The Bertz CT molecular complexity index is 554. The SMILES string of the molecule is COC(=O)c1cccnc1Oc1ccc(I)cc1. The maximum Gasteiger partial charge on any atom is 0.343 e. The van der Waals surface area contributed by atoms with Crippen molar-refractivity contribution in [1.82, 2.24) is 4.98 Å². The fraction of sp³-hybridized carbons (Fsp3) is 0.0769. The number of benzene rings is 1. The van der Waals surface area contributed by atoms with Crippen LogP contribution >= 0.6 is 22.6 Å². The van der Waals surface area contributed by atoms with Gasteiger partial charge in [0.15, 0.2) is 0 Å². The molecule has 0 aliphatic carbocycles. The minimum atomic E-state index is -0.469. The van der Waals surface area contributed by atoms with Crippen LogP contribution in [0.2, 0.25) is 0 Å². The number of carbonyl (C=O) groups excluding carboxylic acids is 1. The van der Waals surface area contributed by atoms with Crippen molar-refractivity contribution >= 4 is 28.6 Å². The molecule has 0 bridgehead atoms. The predicted molar refractivity (Wildman–Crippen MR) is 74.8 cm³/mol. The second-order valence-electron chi connectivity index (χ2n) is 3.40. The molecule has 0 saturated heterocycles. The summed E-state index contributed by atoms with van der Waals surface area (Å²) in [6, 6.07) is 10.7. The maximum absolute atomic E-state index is 11.5. The first-order chi connectivity index (χ1) is 8.70. The highest BCUT2D eigenvalue weighted by atomic mass is 127. The lowest BCUT2D eigenvalue weighted by atomic mass is 10.3. The van der Waals surface area contributed by atoms with E-state index in [4.69, 9.17) is 4.74 Å². The average Bonchev–Trinajstić information content (AvgIpc) is 2.41. The molecular weight excluding hydrogens is 345 g/mol. The Morgan fingerprint density at radius 2 is 1.94 bits per heavy atom. The van der Waals surface area contributed by atoms with Gasteiger partial charge in [0.2, 0.25) is 5.88 Å². The largest absolute Gasteiger partial charge is 0.465 e. The second-order valence-corrected chi connectivity index (χ2v) is 4.65. The van der Waals surface area contributed by atoms with Gasteiger partial charge >= 0.3 is 5.97 Å². The number of esters is 1. The molecule has 18 heavy (non-hydrogen) atoms. The van der Waals surface area contributed by atoms with Gasteiger partial charge in [-0.15, -0.1) is 0 Å². The molecule has 0 N–H and O–H groups in total. The summed E-state index contributed by atoms with van der Waals surface area (Å²) in [5.41, 5.74) is 0.304. The van der Waals surface area contributed by atoms with Crippen molar-refractivity contribution in [3.8, 4) is 11.6 Å². The van der Waals surface area contributed by atoms with Gasteiger partial charge in [-0.3, -0.25) is 0 Å². The molecule has 0 aliphatic rings. The van der Waals surface area contributed by atoms with Gasteiger partial charge in [0.05, 0.1) is 7.11 Å². The number of ether oxygens (including phenoxy) is 2. The highest BCUT2D eigenvalue weighted by molar-refractivity contribution is 14.1. The van der Waals surface area contributed by atoms with Crippen molar-refractivity contribution in [2.45, 2.75) is 0 Å². The number of methoxy groups -OCH3 is 1. The van der Waals surface area contributed by atoms with Gasteiger partial charge in [0.25, 0.3) is 0 Å². The van der Waals surface area contributed by atoms with Gasteiger partial charge in [-0.2, -0.15) is 0 Å². The zero-order valence-corrected chi connectivity index (χ0v) is 11.7. The Kier molecular flexibility index (Phi) is 4.14. The topological polar surface area (TPSA) is 48.4 Å². The van der Waals surface area contributed by atoms with Crippen LogP contribution in [0.25, 0.3) is 0 Å². The lowest BCUT2D eigenvalue weighted by Crippen LogP contribution is -2.04. The van der Waals surface area contributed by atoms with E-state index in [-0.39, 0.29) is 5.88 Å². The van der Waals surface area contributed by atoms with Crippen LogP contribution in [0.15, 0.2) is 42.6 Å². The molecular formula is C13H10INO3. The first-order valence-electron chi connectivity index (χ1n) is 5.17. The van der Waals surface area contributed by atoms with E-state index in [0.29, 0.717) is 11.3 Å². The first-order valence-corrected chi connectivity index (χ1v) is 6.25. The summed E-state index contributed by atoms with van der Waals surface area (Å²) in [5, 5.41) is 0. The highest BCUT2D eigenvalue weighted by Crippen LogP contribution is 2.23. The van der Waals surface area contributed by atoms with E-state index < -0.39 is 5.97 Å². The van der Waals surface area contributed by atoms with Crippen molar-refractivity contribution in [2.75, 3.05) is 7.11 Å². The molecule has 1 aromatic carbocycles.